The van der Waals surface area contributed by atoms with E-state index < -0.39 is 0 Å². The monoisotopic (exact) mass is 259 g/mol. The highest BCUT2D eigenvalue weighted by Gasteiger charge is 2.02. The van der Waals surface area contributed by atoms with Gasteiger partial charge in [-0.05, 0) is 36.8 Å². The summed E-state index contributed by atoms with van der Waals surface area (Å²) in [5.74, 6) is 0.769. The van der Waals surface area contributed by atoms with E-state index in [2.05, 4.69) is 4.99 Å². The molecule has 0 spiro atoms. The fourth-order valence-electron chi connectivity index (χ4n) is 1.66. The fraction of sp³-hybridized carbons (Fsp3) is 0.133. The molecule has 0 atom stereocenters. The van der Waals surface area contributed by atoms with E-state index >= 15 is 0 Å². The Labute approximate surface area is 112 Å². The molecule has 0 N–H and O–H groups in total. The molecule has 0 heterocycles. The molecule has 0 saturated carbocycles. The predicted octanol–water partition coefficient (Wildman–Crippen LogP) is 4.49. The molecule has 0 aliphatic rings. The van der Waals surface area contributed by atoms with E-state index in [0.29, 0.717) is 0 Å². The Bertz CT molecular complexity index is 561. The van der Waals surface area contributed by atoms with Crippen molar-refractivity contribution in [2.45, 2.75) is 6.92 Å². The van der Waals surface area contributed by atoms with Crippen molar-refractivity contribution in [2.75, 3.05) is 7.11 Å². The van der Waals surface area contributed by atoms with Gasteiger partial charge in [-0.2, -0.15) is 0 Å². The van der Waals surface area contributed by atoms with Gasteiger partial charge >= 0.3 is 0 Å². The highest BCUT2D eigenvalue weighted by molar-refractivity contribution is 6.30. The maximum Gasteiger partial charge on any atom is 0.144 e. The molecule has 0 radical (unpaired) electrons. The molecule has 0 bridgehead atoms. The van der Waals surface area contributed by atoms with E-state index in [-0.39, 0.29) is 0 Å². The lowest BCUT2D eigenvalue weighted by molar-refractivity contribution is 0.416. The zero-order chi connectivity index (χ0) is 13.0. The maximum atomic E-state index is 5.86. The molecule has 0 fully saturated rings. The van der Waals surface area contributed by atoms with E-state index in [0.717, 1.165) is 27.7 Å². The topological polar surface area (TPSA) is 21.6 Å². The summed E-state index contributed by atoms with van der Waals surface area (Å²) in [4.78, 5) is 4.58. The van der Waals surface area contributed by atoms with Gasteiger partial charge in [0.15, 0.2) is 0 Å². The van der Waals surface area contributed by atoms with E-state index in [4.69, 9.17) is 16.3 Å². The summed E-state index contributed by atoms with van der Waals surface area (Å²) in [5.41, 5.74) is 2.80. The Morgan fingerprint density at radius 3 is 2.39 bits per heavy atom. The van der Waals surface area contributed by atoms with Crippen LogP contribution in [0.25, 0.3) is 0 Å². The Hall–Kier alpha value is -1.80. The number of rotatable bonds is 3. The lowest BCUT2D eigenvalue weighted by Crippen LogP contribution is -1.93. The number of hydrogen-bond acceptors (Lipinski definition) is 2. The van der Waals surface area contributed by atoms with Gasteiger partial charge in [-0.15, -0.1) is 0 Å². The van der Waals surface area contributed by atoms with E-state index in [1.165, 1.54) is 0 Å². The second-order valence-electron chi connectivity index (χ2n) is 3.88. The van der Waals surface area contributed by atoms with Crippen LogP contribution < -0.4 is 4.74 Å². The summed E-state index contributed by atoms with van der Waals surface area (Å²) in [6, 6.07) is 15.3. The predicted molar refractivity (Wildman–Crippen MR) is 76.3 cm³/mol. The molecule has 2 nitrogen and oxygen atoms in total. The van der Waals surface area contributed by atoms with Crippen LogP contribution in [0, 0.1) is 0 Å². The third-order valence-electron chi connectivity index (χ3n) is 2.64. The average molecular weight is 260 g/mol. The molecule has 3 heteroatoms. The zero-order valence-electron chi connectivity index (χ0n) is 10.4. The largest absolute Gasteiger partial charge is 0.494 e. The van der Waals surface area contributed by atoms with Crippen LogP contribution >= 0.6 is 11.6 Å². The average Bonchev–Trinajstić information content (AvgIpc) is 2.40. The number of hydrogen-bond donors (Lipinski definition) is 0. The lowest BCUT2D eigenvalue weighted by atomic mass is 10.1. The van der Waals surface area contributed by atoms with Gasteiger partial charge in [0.25, 0.3) is 0 Å². The van der Waals surface area contributed by atoms with Gasteiger partial charge in [-0.3, -0.25) is 0 Å². The zero-order valence-corrected chi connectivity index (χ0v) is 11.1. The quantitative estimate of drug-likeness (QED) is 0.745. The Morgan fingerprint density at radius 1 is 1.06 bits per heavy atom. The van der Waals surface area contributed by atoms with Crippen LogP contribution in [-0.4, -0.2) is 12.8 Å². The van der Waals surface area contributed by atoms with Crippen molar-refractivity contribution < 1.29 is 4.74 Å². The number of aliphatic imine (C=N–C) groups is 1. The second-order valence-corrected chi connectivity index (χ2v) is 4.31. The minimum absolute atomic E-state index is 0.726. The summed E-state index contributed by atoms with van der Waals surface area (Å²) < 4.78 is 5.27. The minimum Gasteiger partial charge on any atom is -0.494 e. The summed E-state index contributed by atoms with van der Waals surface area (Å²) in [6.45, 7) is 1.97. The van der Waals surface area contributed by atoms with Crippen molar-refractivity contribution in [3.05, 3.63) is 59.1 Å². The van der Waals surface area contributed by atoms with Crippen molar-refractivity contribution in [3.63, 3.8) is 0 Å². The number of methoxy groups -OCH3 is 1. The Balaban J connectivity index is 2.35. The van der Waals surface area contributed by atoms with Crippen molar-refractivity contribution in [1.29, 1.82) is 0 Å². The van der Waals surface area contributed by atoms with Crippen LogP contribution in [0.4, 0.5) is 5.69 Å². The molecule has 2 aromatic carbocycles. The van der Waals surface area contributed by atoms with Crippen LogP contribution in [0.15, 0.2) is 53.5 Å². The summed E-state index contributed by atoms with van der Waals surface area (Å²) in [7, 11) is 1.64. The molecular weight excluding hydrogens is 246 g/mol. The smallest absolute Gasteiger partial charge is 0.144 e. The Morgan fingerprint density at radius 2 is 1.72 bits per heavy atom. The van der Waals surface area contributed by atoms with Gasteiger partial charge in [-0.1, -0.05) is 35.9 Å². The van der Waals surface area contributed by atoms with Crippen LogP contribution in [0.1, 0.15) is 12.5 Å². The van der Waals surface area contributed by atoms with Crippen molar-refractivity contribution in [2.24, 2.45) is 4.99 Å². The fourth-order valence-corrected chi connectivity index (χ4v) is 1.78. The number of benzene rings is 2. The molecule has 0 aliphatic heterocycles. The molecule has 0 amide bonds. The van der Waals surface area contributed by atoms with Crippen LogP contribution in [0.5, 0.6) is 5.75 Å². The lowest BCUT2D eigenvalue weighted by Gasteiger charge is -2.05. The van der Waals surface area contributed by atoms with Crippen molar-refractivity contribution in [1.82, 2.24) is 0 Å². The molecule has 2 rings (SSSR count). The number of halogens is 1. The molecule has 92 valence electrons. The van der Waals surface area contributed by atoms with E-state index in [1.54, 1.807) is 7.11 Å². The first-order valence-electron chi connectivity index (χ1n) is 5.65. The standard InChI is InChI=1S/C15H14ClNO/c1-11(12-7-9-13(16)10-8-12)17-14-5-3-4-6-15(14)18-2/h3-10H,1-2H3. The summed E-state index contributed by atoms with van der Waals surface area (Å²) >= 11 is 5.86. The van der Waals surface area contributed by atoms with Gasteiger partial charge in [0, 0.05) is 10.7 Å². The van der Waals surface area contributed by atoms with Crippen LogP contribution in [0.2, 0.25) is 5.02 Å². The maximum absolute atomic E-state index is 5.86. The molecule has 0 aliphatic carbocycles. The third-order valence-corrected chi connectivity index (χ3v) is 2.89. The van der Waals surface area contributed by atoms with Gasteiger partial charge in [0.05, 0.1) is 7.11 Å². The minimum atomic E-state index is 0.726. The van der Waals surface area contributed by atoms with Crippen LogP contribution in [-0.2, 0) is 0 Å². The van der Waals surface area contributed by atoms with Gasteiger partial charge in [0.1, 0.15) is 11.4 Å². The first-order chi connectivity index (χ1) is 8.70. The third kappa shape index (κ3) is 2.90. The highest BCUT2D eigenvalue weighted by Crippen LogP contribution is 2.27. The first-order valence-corrected chi connectivity index (χ1v) is 6.03. The number of para-hydroxylation sites is 2. The molecule has 0 aromatic heterocycles. The molecule has 0 saturated heterocycles. The number of ether oxygens (including phenoxy) is 1. The van der Waals surface area contributed by atoms with E-state index in [9.17, 15) is 0 Å². The Kier molecular flexibility index (Phi) is 4.00. The first kappa shape index (κ1) is 12.7. The molecular formula is C15H14ClNO. The highest BCUT2D eigenvalue weighted by atomic mass is 35.5. The summed E-state index contributed by atoms with van der Waals surface area (Å²) in [5, 5.41) is 0.726. The SMILES string of the molecule is COc1ccccc1N=C(C)c1ccc(Cl)cc1. The van der Waals surface area contributed by atoms with Crippen molar-refractivity contribution in [3.8, 4) is 5.75 Å². The van der Waals surface area contributed by atoms with Gasteiger partial charge in [-0.25, -0.2) is 4.99 Å². The second kappa shape index (κ2) is 5.69. The molecule has 0 unspecified atom stereocenters. The normalized spacial score (nSPS) is 11.4. The molecule has 18 heavy (non-hydrogen) atoms. The van der Waals surface area contributed by atoms with Gasteiger partial charge in [0.2, 0.25) is 0 Å². The van der Waals surface area contributed by atoms with E-state index in [1.807, 2.05) is 55.5 Å². The summed E-state index contributed by atoms with van der Waals surface area (Å²) in [6.07, 6.45) is 0. The van der Waals surface area contributed by atoms with Crippen molar-refractivity contribution >= 4 is 23.0 Å². The number of nitrogens with zero attached hydrogens (tertiary/aromatic N) is 1. The molecule has 2 aromatic rings. The van der Waals surface area contributed by atoms with Crippen LogP contribution in [0.3, 0.4) is 0 Å². The van der Waals surface area contributed by atoms with Gasteiger partial charge < -0.3 is 4.74 Å².